The molecule has 2 rings (SSSR count). The molecule has 1 aromatic carbocycles. The quantitative estimate of drug-likeness (QED) is 0.586. The molecular weight excluding hydrogens is 234 g/mol. The van der Waals surface area contributed by atoms with Crippen LogP contribution < -0.4 is 11.1 Å². The molecule has 0 unspecified atom stereocenters. The molecule has 5 N–H and O–H groups in total. The second-order valence-electron chi connectivity index (χ2n) is 3.90. The maximum Gasteiger partial charge on any atom is 0.225 e. The lowest BCUT2D eigenvalue weighted by Crippen LogP contribution is -2.10. The molecule has 0 spiro atoms. The molecule has 1 heterocycles. The number of rotatable bonds is 4. The number of nitrogen functional groups attached to an aromatic ring is 1. The predicted molar refractivity (Wildman–Crippen MR) is 67.4 cm³/mol. The summed E-state index contributed by atoms with van der Waals surface area (Å²) in [6, 6.07) is 4.88. The lowest BCUT2D eigenvalue weighted by molar-refractivity contribution is 0.399. The fraction of sp³-hybridized carbons (Fsp3) is 0.273. The van der Waals surface area contributed by atoms with Gasteiger partial charge in [0.2, 0.25) is 11.9 Å². The third kappa shape index (κ3) is 2.29. The molecule has 0 radical (unpaired) electrons. The molecule has 18 heavy (non-hydrogen) atoms. The van der Waals surface area contributed by atoms with Crippen LogP contribution in [0.25, 0.3) is 0 Å². The summed E-state index contributed by atoms with van der Waals surface area (Å²) >= 11 is 0. The Bertz CT molecular complexity index is 552. The van der Waals surface area contributed by atoms with E-state index in [0.717, 1.165) is 0 Å². The number of nitrogens with two attached hydrogens (primary N) is 1. The molecule has 0 aliphatic carbocycles. The van der Waals surface area contributed by atoms with Crippen LogP contribution in [0.3, 0.4) is 0 Å². The zero-order valence-electron chi connectivity index (χ0n) is 9.96. The number of hydrogen-bond acceptors (Lipinski definition) is 6. The van der Waals surface area contributed by atoms with E-state index < -0.39 is 0 Å². The zero-order valence-corrected chi connectivity index (χ0v) is 9.96. The highest BCUT2D eigenvalue weighted by Crippen LogP contribution is 2.28. The zero-order chi connectivity index (χ0) is 13.1. The maximum absolute atomic E-state index is 9.62. The minimum atomic E-state index is -0.115. The van der Waals surface area contributed by atoms with Crippen LogP contribution in [-0.4, -0.2) is 31.5 Å². The van der Waals surface area contributed by atoms with Gasteiger partial charge in [-0.25, -0.2) is 0 Å². The van der Waals surface area contributed by atoms with Crippen molar-refractivity contribution in [2.24, 2.45) is 7.05 Å². The van der Waals surface area contributed by atoms with Crippen molar-refractivity contribution in [3.05, 3.63) is 23.8 Å². The van der Waals surface area contributed by atoms with Crippen molar-refractivity contribution in [2.45, 2.75) is 6.42 Å². The summed E-state index contributed by atoms with van der Waals surface area (Å²) in [6.45, 7) is 0.545. The monoisotopic (exact) mass is 249 g/mol. The van der Waals surface area contributed by atoms with Crippen molar-refractivity contribution >= 4 is 11.9 Å². The van der Waals surface area contributed by atoms with Crippen LogP contribution in [0.1, 0.15) is 5.56 Å². The van der Waals surface area contributed by atoms with E-state index >= 15 is 0 Å². The Labute approximate surface area is 104 Å². The van der Waals surface area contributed by atoms with Crippen LogP contribution in [0.15, 0.2) is 18.2 Å². The van der Waals surface area contributed by atoms with Crippen LogP contribution in [-0.2, 0) is 13.5 Å². The van der Waals surface area contributed by atoms with Gasteiger partial charge in [-0.3, -0.25) is 4.57 Å². The second-order valence-corrected chi connectivity index (χ2v) is 3.90. The van der Waals surface area contributed by atoms with E-state index in [1.165, 1.54) is 6.07 Å². The number of hydrogen-bond donors (Lipinski definition) is 4. The van der Waals surface area contributed by atoms with Crippen LogP contribution >= 0.6 is 0 Å². The summed E-state index contributed by atoms with van der Waals surface area (Å²) in [5.74, 6) is 0.692. The van der Waals surface area contributed by atoms with E-state index in [2.05, 4.69) is 15.5 Å². The molecule has 0 bridgehead atoms. The molecule has 0 saturated carbocycles. The molecule has 1 aromatic heterocycles. The first-order valence-corrected chi connectivity index (χ1v) is 5.48. The van der Waals surface area contributed by atoms with E-state index in [-0.39, 0.29) is 11.5 Å². The third-order valence-corrected chi connectivity index (χ3v) is 2.68. The molecule has 0 saturated heterocycles. The van der Waals surface area contributed by atoms with Gasteiger partial charge in [0, 0.05) is 13.6 Å². The number of aromatic hydroxyl groups is 2. The first-order valence-electron chi connectivity index (χ1n) is 5.48. The predicted octanol–water partition coefficient (Wildman–Crippen LogP) is 0.463. The second kappa shape index (κ2) is 4.82. The van der Waals surface area contributed by atoms with Crippen LogP contribution in [0, 0.1) is 0 Å². The highest BCUT2D eigenvalue weighted by Gasteiger charge is 2.07. The van der Waals surface area contributed by atoms with Gasteiger partial charge in [-0.1, -0.05) is 12.1 Å². The van der Waals surface area contributed by atoms with Crippen molar-refractivity contribution in [1.29, 1.82) is 0 Å². The van der Waals surface area contributed by atoms with Gasteiger partial charge in [-0.05, 0) is 18.1 Å². The third-order valence-electron chi connectivity index (χ3n) is 2.68. The van der Waals surface area contributed by atoms with Gasteiger partial charge in [0.1, 0.15) is 0 Å². The van der Waals surface area contributed by atoms with Gasteiger partial charge < -0.3 is 21.3 Å². The summed E-state index contributed by atoms with van der Waals surface area (Å²) in [4.78, 5) is 0. The smallest absolute Gasteiger partial charge is 0.225 e. The minimum Gasteiger partial charge on any atom is -0.504 e. The van der Waals surface area contributed by atoms with Crippen LogP contribution in [0.2, 0.25) is 0 Å². The van der Waals surface area contributed by atoms with Gasteiger partial charge in [0.25, 0.3) is 0 Å². The Morgan fingerprint density at radius 1 is 1.33 bits per heavy atom. The van der Waals surface area contributed by atoms with E-state index in [1.54, 1.807) is 23.7 Å². The van der Waals surface area contributed by atoms with Gasteiger partial charge in [-0.2, -0.15) is 0 Å². The van der Waals surface area contributed by atoms with Crippen molar-refractivity contribution in [3.63, 3.8) is 0 Å². The Hall–Kier alpha value is -2.44. The van der Waals surface area contributed by atoms with Gasteiger partial charge in [-0.15, -0.1) is 10.2 Å². The molecule has 2 aromatic rings. The van der Waals surface area contributed by atoms with E-state index in [1.807, 2.05) is 0 Å². The highest BCUT2D eigenvalue weighted by atomic mass is 16.3. The summed E-state index contributed by atoms with van der Waals surface area (Å²) in [6.07, 6.45) is 0.549. The summed E-state index contributed by atoms with van der Waals surface area (Å²) in [7, 11) is 1.75. The maximum atomic E-state index is 9.62. The fourth-order valence-corrected chi connectivity index (χ4v) is 1.58. The summed E-state index contributed by atoms with van der Waals surface area (Å²) < 4.78 is 1.63. The number of anilines is 2. The number of phenolic OH excluding ortho intramolecular Hbond substituents is 2. The number of nitrogens with one attached hydrogen (secondary N) is 1. The first kappa shape index (κ1) is 12.0. The fourth-order valence-electron chi connectivity index (χ4n) is 1.58. The van der Waals surface area contributed by atoms with Crippen molar-refractivity contribution in [3.8, 4) is 11.5 Å². The Morgan fingerprint density at radius 3 is 2.78 bits per heavy atom. The largest absolute Gasteiger partial charge is 0.504 e. The highest BCUT2D eigenvalue weighted by molar-refractivity contribution is 5.44. The summed E-state index contributed by atoms with van der Waals surface area (Å²) in [5, 5.41) is 29.6. The number of benzene rings is 1. The average molecular weight is 249 g/mol. The molecule has 96 valence electrons. The normalized spacial score (nSPS) is 10.5. The van der Waals surface area contributed by atoms with E-state index in [0.29, 0.717) is 30.4 Å². The molecule has 0 aliphatic heterocycles. The van der Waals surface area contributed by atoms with Gasteiger partial charge in [0.15, 0.2) is 11.5 Å². The molecule has 0 amide bonds. The first-order chi connectivity index (χ1) is 8.59. The molecule has 7 heteroatoms. The number of aromatic nitrogens is 3. The van der Waals surface area contributed by atoms with Crippen LogP contribution in [0.5, 0.6) is 11.5 Å². The van der Waals surface area contributed by atoms with Gasteiger partial charge in [0.05, 0.1) is 0 Å². The Morgan fingerprint density at radius 2 is 2.11 bits per heavy atom. The number of para-hydroxylation sites is 1. The lowest BCUT2D eigenvalue weighted by atomic mass is 10.1. The molecule has 0 aliphatic rings. The molecule has 7 nitrogen and oxygen atoms in total. The molecule has 0 fully saturated rings. The molecule has 0 atom stereocenters. The number of nitrogens with zero attached hydrogens (tertiary/aromatic N) is 3. The van der Waals surface area contributed by atoms with Crippen molar-refractivity contribution in [1.82, 2.24) is 14.8 Å². The minimum absolute atomic E-state index is 0.0863. The van der Waals surface area contributed by atoms with Crippen LogP contribution in [0.4, 0.5) is 11.9 Å². The Kier molecular flexibility index (Phi) is 3.22. The SMILES string of the molecule is Cn1c(N)nnc1NCCc1cccc(O)c1O. The lowest BCUT2D eigenvalue weighted by Gasteiger charge is -2.07. The van der Waals surface area contributed by atoms with E-state index in [4.69, 9.17) is 5.73 Å². The van der Waals surface area contributed by atoms with Gasteiger partial charge >= 0.3 is 0 Å². The molecular formula is C11H15N5O2. The topological polar surface area (TPSA) is 109 Å². The van der Waals surface area contributed by atoms with Crippen molar-refractivity contribution < 1.29 is 10.2 Å². The van der Waals surface area contributed by atoms with E-state index in [9.17, 15) is 10.2 Å². The standard InChI is InChI=1S/C11H15N5O2/c1-16-10(12)14-15-11(16)13-6-5-7-3-2-4-8(17)9(7)18/h2-4,17-18H,5-6H2,1H3,(H2,12,14)(H,13,15). The summed E-state index contributed by atoms with van der Waals surface area (Å²) in [5.41, 5.74) is 6.21. The average Bonchev–Trinajstić information content (AvgIpc) is 2.66. The Balaban J connectivity index is 1.97. The number of phenols is 2. The van der Waals surface area contributed by atoms with Crippen molar-refractivity contribution in [2.75, 3.05) is 17.6 Å².